The average Bonchev–Trinajstić information content (AvgIpc) is 3.41. The maximum absolute atomic E-state index is 12.5. The van der Waals surface area contributed by atoms with Crippen LogP contribution < -0.4 is 10.9 Å². The van der Waals surface area contributed by atoms with Gasteiger partial charge >= 0.3 is 0 Å². The Hall–Kier alpha value is -3.85. The zero-order chi connectivity index (χ0) is 22.1. The first-order chi connectivity index (χ1) is 15.6. The van der Waals surface area contributed by atoms with Gasteiger partial charge in [-0.05, 0) is 36.2 Å². The molecule has 9 heteroatoms. The van der Waals surface area contributed by atoms with Gasteiger partial charge in [0.1, 0.15) is 11.2 Å². The van der Waals surface area contributed by atoms with Crippen molar-refractivity contribution in [3.63, 3.8) is 0 Å². The number of amides is 1. The molecule has 3 aromatic heterocycles. The molecule has 0 radical (unpaired) electrons. The number of aromatic nitrogens is 5. The fourth-order valence-electron chi connectivity index (χ4n) is 3.50. The maximum atomic E-state index is 12.5. The summed E-state index contributed by atoms with van der Waals surface area (Å²) in [5, 5.41) is 8.13. The average molecular weight is 445 g/mol. The lowest BCUT2D eigenvalue weighted by Crippen LogP contribution is -2.16. The molecule has 0 unspecified atom stereocenters. The fourth-order valence-corrected chi connectivity index (χ4v) is 4.44. The van der Waals surface area contributed by atoms with Crippen LogP contribution in [0.25, 0.3) is 26.9 Å². The third-order valence-corrected chi connectivity index (χ3v) is 6.12. The molecule has 0 saturated heterocycles. The second-order valence-electron chi connectivity index (χ2n) is 7.36. The quantitative estimate of drug-likeness (QED) is 0.414. The lowest BCUT2D eigenvalue weighted by molar-refractivity contribution is -0.116. The van der Waals surface area contributed by atoms with Crippen LogP contribution in [0.3, 0.4) is 0 Å². The first-order valence-corrected chi connectivity index (χ1v) is 11.1. The molecule has 0 bridgehead atoms. The summed E-state index contributed by atoms with van der Waals surface area (Å²) in [6, 6.07) is 15.6. The highest BCUT2D eigenvalue weighted by atomic mass is 32.1. The van der Waals surface area contributed by atoms with Gasteiger partial charge in [-0.1, -0.05) is 42.5 Å². The number of nitrogens with one attached hydrogen (secondary N) is 2. The summed E-state index contributed by atoms with van der Waals surface area (Å²) in [6.07, 6.45) is 2.92. The Morgan fingerprint density at radius 2 is 2.00 bits per heavy atom. The monoisotopic (exact) mass is 444 g/mol. The molecule has 3 heterocycles. The van der Waals surface area contributed by atoms with Crippen molar-refractivity contribution < 1.29 is 4.79 Å². The first kappa shape index (κ1) is 20.1. The van der Waals surface area contributed by atoms with Crippen molar-refractivity contribution in [2.24, 2.45) is 0 Å². The number of hydrogen-bond acceptors (Lipinski definition) is 6. The Labute approximate surface area is 187 Å². The molecule has 0 saturated carbocycles. The van der Waals surface area contributed by atoms with Gasteiger partial charge in [0.2, 0.25) is 5.91 Å². The second kappa shape index (κ2) is 8.35. The highest BCUT2D eigenvalue weighted by Gasteiger charge is 2.13. The van der Waals surface area contributed by atoms with E-state index in [1.807, 2.05) is 42.5 Å². The lowest BCUT2D eigenvalue weighted by atomic mass is 10.2. The molecule has 2 aromatic carbocycles. The Balaban J connectivity index is 1.32. The van der Waals surface area contributed by atoms with E-state index in [1.165, 1.54) is 23.1 Å². The van der Waals surface area contributed by atoms with E-state index in [-0.39, 0.29) is 17.9 Å². The maximum Gasteiger partial charge on any atom is 0.262 e. The number of aromatic amines is 1. The standard InChI is InChI=1S/C23H20N6O2S/c1-2-14-8-9-17-18(12-14)32-23(25-17)28-20(30)11-10-19-26-21-16(22(31)27-19)13-24-29(21)15-6-4-3-5-7-15/h3-9,12-13H,2,10-11H2,1H3,(H,25,28,30)(H,26,27,31). The Bertz CT molecular complexity index is 1490. The van der Waals surface area contributed by atoms with E-state index >= 15 is 0 Å². The minimum absolute atomic E-state index is 0.171. The highest BCUT2D eigenvalue weighted by molar-refractivity contribution is 7.22. The Kier molecular flexibility index (Phi) is 5.24. The van der Waals surface area contributed by atoms with Gasteiger partial charge in [-0.2, -0.15) is 5.10 Å². The van der Waals surface area contributed by atoms with Crippen LogP contribution in [-0.4, -0.2) is 30.6 Å². The van der Waals surface area contributed by atoms with Crippen molar-refractivity contribution in [2.75, 3.05) is 5.32 Å². The topological polar surface area (TPSA) is 106 Å². The second-order valence-corrected chi connectivity index (χ2v) is 8.40. The minimum Gasteiger partial charge on any atom is -0.310 e. The van der Waals surface area contributed by atoms with E-state index in [2.05, 4.69) is 38.4 Å². The number of H-pyrrole nitrogens is 1. The van der Waals surface area contributed by atoms with Crippen molar-refractivity contribution in [3.8, 4) is 5.69 Å². The third-order valence-electron chi connectivity index (χ3n) is 5.18. The number of carbonyl (C=O) groups excluding carboxylic acids is 1. The zero-order valence-corrected chi connectivity index (χ0v) is 18.1. The molecule has 8 nitrogen and oxygen atoms in total. The number of nitrogens with zero attached hydrogens (tertiary/aromatic N) is 4. The van der Waals surface area contributed by atoms with Crippen molar-refractivity contribution in [1.82, 2.24) is 24.7 Å². The molecule has 5 aromatic rings. The summed E-state index contributed by atoms with van der Waals surface area (Å²) in [4.78, 5) is 36.8. The van der Waals surface area contributed by atoms with Crippen LogP contribution in [0, 0.1) is 0 Å². The SMILES string of the molecule is CCc1ccc2nc(NC(=O)CCc3nc4c(cnn4-c4ccccc4)c(=O)[nH]3)sc2c1. The van der Waals surface area contributed by atoms with Gasteiger partial charge in [-0.25, -0.2) is 14.6 Å². The van der Waals surface area contributed by atoms with Crippen molar-refractivity contribution in [2.45, 2.75) is 26.2 Å². The van der Waals surface area contributed by atoms with Gasteiger partial charge in [0, 0.05) is 12.8 Å². The van der Waals surface area contributed by atoms with Crippen LogP contribution >= 0.6 is 11.3 Å². The van der Waals surface area contributed by atoms with E-state index in [4.69, 9.17) is 0 Å². The summed E-state index contributed by atoms with van der Waals surface area (Å²) in [5.41, 5.74) is 3.11. The molecule has 32 heavy (non-hydrogen) atoms. The lowest BCUT2D eigenvalue weighted by Gasteiger charge is -2.05. The summed E-state index contributed by atoms with van der Waals surface area (Å²) >= 11 is 1.45. The first-order valence-electron chi connectivity index (χ1n) is 10.3. The number of hydrogen-bond donors (Lipinski definition) is 2. The predicted molar refractivity (Wildman–Crippen MR) is 125 cm³/mol. The van der Waals surface area contributed by atoms with Crippen molar-refractivity contribution in [3.05, 3.63) is 76.5 Å². The molecule has 0 fully saturated rings. The van der Waals surface area contributed by atoms with Crippen LogP contribution in [0.1, 0.15) is 24.7 Å². The number of benzene rings is 2. The molecule has 1 amide bonds. The molecule has 0 aliphatic rings. The molecule has 0 spiro atoms. The smallest absolute Gasteiger partial charge is 0.262 e. The summed E-state index contributed by atoms with van der Waals surface area (Å²) in [7, 11) is 0. The number of thiazole rings is 1. The molecule has 0 aliphatic heterocycles. The molecular formula is C23H20N6O2S. The molecular weight excluding hydrogens is 424 g/mol. The van der Waals surface area contributed by atoms with Gasteiger partial charge < -0.3 is 10.3 Å². The minimum atomic E-state index is -0.273. The number of anilines is 1. The van der Waals surface area contributed by atoms with E-state index in [0.29, 0.717) is 28.4 Å². The van der Waals surface area contributed by atoms with Crippen molar-refractivity contribution >= 4 is 43.6 Å². The molecule has 160 valence electrons. The zero-order valence-electron chi connectivity index (χ0n) is 17.3. The van der Waals surface area contributed by atoms with Gasteiger partial charge in [0.05, 0.1) is 22.1 Å². The Morgan fingerprint density at radius 3 is 2.81 bits per heavy atom. The van der Waals surface area contributed by atoms with Crippen molar-refractivity contribution in [1.29, 1.82) is 0 Å². The molecule has 2 N–H and O–H groups in total. The largest absolute Gasteiger partial charge is 0.310 e. The van der Waals surface area contributed by atoms with E-state index in [1.54, 1.807) is 4.68 Å². The van der Waals surface area contributed by atoms with Crippen LogP contribution in [0.2, 0.25) is 0 Å². The van der Waals surface area contributed by atoms with E-state index < -0.39 is 0 Å². The summed E-state index contributed by atoms with van der Waals surface area (Å²) in [6.45, 7) is 2.10. The number of fused-ring (bicyclic) bond motifs is 2. The van der Waals surface area contributed by atoms with Gasteiger partial charge in [-0.3, -0.25) is 9.59 Å². The number of para-hydroxylation sites is 1. The highest BCUT2D eigenvalue weighted by Crippen LogP contribution is 2.27. The summed E-state index contributed by atoms with van der Waals surface area (Å²) in [5.74, 6) is 0.256. The van der Waals surface area contributed by atoms with Gasteiger partial charge in [0.25, 0.3) is 5.56 Å². The summed E-state index contributed by atoms with van der Waals surface area (Å²) < 4.78 is 2.67. The number of carbonyl (C=O) groups is 1. The van der Waals surface area contributed by atoms with E-state index in [9.17, 15) is 9.59 Å². The number of rotatable bonds is 6. The predicted octanol–water partition coefficient (Wildman–Crippen LogP) is 3.85. The number of aryl methyl sites for hydroxylation is 2. The van der Waals surface area contributed by atoms with Crippen LogP contribution in [0.5, 0.6) is 0 Å². The molecule has 5 rings (SSSR count). The normalized spacial score (nSPS) is 11.3. The van der Waals surface area contributed by atoms with Crippen LogP contribution in [0.15, 0.2) is 59.5 Å². The van der Waals surface area contributed by atoms with Gasteiger partial charge in [-0.15, -0.1) is 0 Å². The van der Waals surface area contributed by atoms with Crippen LogP contribution in [0.4, 0.5) is 5.13 Å². The third kappa shape index (κ3) is 3.90. The van der Waals surface area contributed by atoms with E-state index in [0.717, 1.165) is 22.3 Å². The molecule has 0 aliphatic carbocycles. The fraction of sp³-hybridized carbons (Fsp3) is 0.174. The molecule has 0 atom stereocenters. The van der Waals surface area contributed by atoms with Crippen LogP contribution in [-0.2, 0) is 17.6 Å². The van der Waals surface area contributed by atoms with Gasteiger partial charge in [0.15, 0.2) is 10.8 Å². The Morgan fingerprint density at radius 1 is 1.16 bits per heavy atom.